The molecule has 0 atom stereocenters. The molecular formula is C13H23Cl2N5O2. The van der Waals surface area contributed by atoms with Crippen molar-refractivity contribution in [2.45, 2.75) is 0 Å². The Balaban J connectivity index is 0.00000220. The van der Waals surface area contributed by atoms with E-state index in [1.807, 2.05) is 4.90 Å². The molecule has 0 spiro atoms. The first-order valence-corrected chi connectivity index (χ1v) is 6.79. The Bertz CT molecular complexity index is 416. The molecule has 1 N–H and O–H groups in total. The average Bonchev–Trinajstić information content (AvgIpc) is 2.52. The lowest BCUT2D eigenvalue weighted by Crippen LogP contribution is -2.51. The third-order valence-electron chi connectivity index (χ3n) is 3.27. The predicted molar refractivity (Wildman–Crippen MR) is 90.1 cm³/mol. The van der Waals surface area contributed by atoms with Gasteiger partial charge in [0.25, 0.3) is 0 Å². The van der Waals surface area contributed by atoms with Crippen LogP contribution in [0.1, 0.15) is 0 Å². The minimum Gasteiger partial charge on any atom is -0.383 e. The Morgan fingerprint density at radius 2 is 2.00 bits per heavy atom. The minimum atomic E-state index is 0. The number of methoxy groups -OCH3 is 1. The van der Waals surface area contributed by atoms with Gasteiger partial charge in [-0.3, -0.25) is 9.78 Å². The number of aromatic nitrogens is 2. The Morgan fingerprint density at radius 3 is 2.59 bits per heavy atom. The maximum Gasteiger partial charge on any atom is 0.236 e. The van der Waals surface area contributed by atoms with Crippen molar-refractivity contribution in [1.82, 2.24) is 20.2 Å². The zero-order valence-electron chi connectivity index (χ0n) is 12.6. The molecule has 0 aromatic carbocycles. The highest BCUT2D eigenvalue weighted by molar-refractivity contribution is 5.85. The van der Waals surface area contributed by atoms with Crippen LogP contribution in [-0.4, -0.2) is 73.8 Å². The highest BCUT2D eigenvalue weighted by atomic mass is 35.5. The van der Waals surface area contributed by atoms with Gasteiger partial charge in [0.1, 0.15) is 5.82 Å². The Hall–Kier alpha value is -1.15. The molecule has 1 aliphatic heterocycles. The van der Waals surface area contributed by atoms with Crippen molar-refractivity contribution in [1.29, 1.82) is 0 Å². The molecule has 2 rings (SSSR count). The molecule has 22 heavy (non-hydrogen) atoms. The first-order chi connectivity index (χ1) is 9.81. The number of carbonyl (C=O) groups is 1. The molecule has 9 heteroatoms. The number of carbonyl (C=O) groups excluding carboxylic acids is 1. The molecule has 1 fully saturated rings. The maximum atomic E-state index is 12.0. The molecule has 1 saturated heterocycles. The standard InChI is InChI=1S/C13H21N5O2.2ClH/c1-20-9-4-15-11-13(19)18-7-5-17(6-8-18)12-10-14-2-3-16-12;;/h2-3,10,15H,4-9,11H2,1H3;2*1H. The molecule has 0 unspecified atom stereocenters. The lowest BCUT2D eigenvalue weighted by Gasteiger charge is -2.35. The van der Waals surface area contributed by atoms with E-state index >= 15 is 0 Å². The second kappa shape index (κ2) is 11.4. The zero-order valence-corrected chi connectivity index (χ0v) is 14.2. The number of amides is 1. The summed E-state index contributed by atoms with van der Waals surface area (Å²) < 4.78 is 4.93. The summed E-state index contributed by atoms with van der Waals surface area (Å²) in [6.45, 7) is 4.72. The van der Waals surface area contributed by atoms with Crippen LogP contribution in [0, 0.1) is 0 Å². The molecule has 1 amide bonds. The quantitative estimate of drug-likeness (QED) is 0.738. The van der Waals surface area contributed by atoms with E-state index in [9.17, 15) is 4.79 Å². The summed E-state index contributed by atoms with van der Waals surface area (Å²) in [7, 11) is 1.65. The van der Waals surface area contributed by atoms with Crippen LogP contribution in [0.4, 0.5) is 5.82 Å². The van der Waals surface area contributed by atoms with E-state index in [2.05, 4.69) is 20.2 Å². The molecule has 7 nitrogen and oxygen atoms in total. The lowest BCUT2D eigenvalue weighted by atomic mass is 10.3. The van der Waals surface area contributed by atoms with Crippen LogP contribution in [0.2, 0.25) is 0 Å². The van der Waals surface area contributed by atoms with Gasteiger partial charge in [-0.1, -0.05) is 0 Å². The summed E-state index contributed by atoms with van der Waals surface area (Å²) in [6, 6.07) is 0. The van der Waals surface area contributed by atoms with Crippen LogP contribution < -0.4 is 10.2 Å². The van der Waals surface area contributed by atoms with Crippen LogP contribution in [0.25, 0.3) is 0 Å². The van der Waals surface area contributed by atoms with E-state index in [4.69, 9.17) is 4.74 Å². The Morgan fingerprint density at radius 1 is 1.27 bits per heavy atom. The second-order valence-electron chi connectivity index (χ2n) is 4.60. The van der Waals surface area contributed by atoms with Gasteiger partial charge in [-0.25, -0.2) is 4.98 Å². The number of rotatable bonds is 6. The van der Waals surface area contributed by atoms with Gasteiger partial charge >= 0.3 is 0 Å². The largest absolute Gasteiger partial charge is 0.383 e. The van der Waals surface area contributed by atoms with Crippen molar-refractivity contribution in [3.8, 4) is 0 Å². The van der Waals surface area contributed by atoms with Crippen LogP contribution >= 0.6 is 24.8 Å². The number of nitrogens with one attached hydrogen (secondary N) is 1. The van der Waals surface area contributed by atoms with E-state index in [0.29, 0.717) is 19.7 Å². The normalized spacial score (nSPS) is 14.0. The van der Waals surface area contributed by atoms with Crippen LogP contribution in [0.3, 0.4) is 0 Å². The average molecular weight is 352 g/mol. The van der Waals surface area contributed by atoms with E-state index in [1.165, 1.54) is 0 Å². The summed E-state index contributed by atoms with van der Waals surface area (Å²) >= 11 is 0. The maximum absolute atomic E-state index is 12.0. The van der Waals surface area contributed by atoms with Gasteiger partial charge in [0.05, 0.1) is 19.3 Å². The van der Waals surface area contributed by atoms with Gasteiger partial charge < -0.3 is 19.9 Å². The van der Waals surface area contributed by atoms with E-state index < -0.39 is 0 Å². The van der Waals surface area contributed by atoms with Gasteiger partial charge in [0.15, 0.2) is 0 Å². The molecule has 0 saturated carbocycles. The second-order valence-corrected chi connectivity index (χ2v) is 4.60. The summed E-state index contributed by atoms with van der Waals surface area (Å²) in [5, 5.41) is 3.07. The molecule has 0 radical (unpaired) electrons. The molecule has 1 aliphatic rings. The number of anilines is 1. The van der Waals surface area contributed by atoms with Crippen molar-refractivity contribution in [3.05, 3.63) is 18.6 Å². The van der Waals surface area contributed by atoms with Crippen molar-refractivity contribution in [2.75, 3.05) is 57.9 Å². The van der Waals surface area contributed by atoms with Gasteiger partial charge in [-0.05, 0) is 0 Å². The van der Waals surface area contributed by atoms with E-state index in [1.54, 1.807) is 25.7 Å². The van der Waals surface area contributed by atoms with Crippen molar-refractivity contribution >= 4 is 36.5 Å². The number of hydrogen-bond donors (Lipinski definition) is 1. The number of hydrogen-bond acceptors (Lipinski definition) is 6. The molecule has 0 aliphatic carbocycles. The molecule has 126 valence electrons. The summed E-state index contributed by atoms with van der Waals surface area (Å²) in [5.41, 5.74) is 0. The monoisotopic (exact) mass is 351 g/mol. The van der Waals surface area contributed by atoms with Gasteiger partial charge in [0, 0.05) is 52.2 Å². The van der Waals surface area contributed by atoms with Gasteiger partial charge in [-0.15, -0.1) is 24.8 Å². The molecular weight excluding hydrogens is 329 g/mol. The predicted octanol–water partition coefficient (Wildman–Crippen LogP) is 0.205. The fourth-order valence-corrected chi connectivity index (χ4v) is 2.12. The van der Waals surface area contributed by atoms with Crippen molar-refractivity contribution < 1.29 is 9.53 Å². The van der Waals surface area contributed by atoms with Crippen LogP contribution in [0.5, 0.6) is 0 Å². The molecule has 0 bridgehead atoms. The van der Waals surface area contributed by atoms with Gasteiger partial charge in [0.2, 0.25) is 5.91 Å². The highest BCUT2D eigenvalue weighted by Crippen LogP contribution is 2.11. The first kappa shape index (κ1) is 20.9. The lowest BCUT2D eigenvalue weighted by molar-refractivity contribution is -0.130. The topological polar surface area (TPSA) is 70.6 Å². The van der Waals surface area contributed by atoms with E-state index in [0.717, 1.165) is 32.0 Å². The SMILES string of the molecule is COCCNCC(=O)N1CCN(c2cnccn2)CC1.Cl.Cl. The molecule has 1 aromatic rings. The zero-order chi connectivity index (χ0) is 14.2. The van der Waals surface area contributed by atoms with Crippen LogP contribution in [-0.2, 0) is 9.53 Å². The van der Waals surface area contributed by atoms with Crippen molar-refractivity contribution in [2.24, 2.45) is 0 Å². The summed E-state index contributed by atoms with van der Waals surface area (Å²) in [6.07, 6.45) is 5.10. The smallest absolute Gasteiger partial charge is 0.236 e. The fraction of sp³-hybridized carbons (Fsp3) is 0.615. The number of nitrogens with zero attached hydrogens (tertiary/aromatic N) is 4. The third-order valence-corrected chi connectivity index (χ3v) is 3.27. The fourth-order valence-electron chi connectivity index (χ4n) is 2.12. The molecule has 1 aromatic heterocycles. The Labute approximate surface area is 143 Å². The minimum absolute atomic E-state index is 0. The Kier molecular flexibility index (Phi) is 10.8. The van der Waals surface area contributed by atoms with Crippen molar-refractivity contribution in [3.63, 3.8) is 0 Å². The van der Waals surface area contributed by atoms with E-state index in [-0.39, 0.29) is 30.7 Å². The first-order valence-electron chi connectivity index (χ1n) is 6.79. The molecule has 2 heterocycles. The third kappa shape index (κ3) is 6.31. The number of piperazine rings is 1. The number of halogens is 2. The van der Waals surface area contributed by atoms with Gasteiger partial charge in [-0.2, -0.15) is 0 Å². The highest BCUT2D eigenvalue weighted by Gasteiger charge is 2.21. The number of ether oxygens (including phenoxy) is 1. The summed E-state index contributed by atoms with van der Waals surface area (Å²) in [4.78, 5) is 24.4. The summed E-state index contributed by atoms with van der Waals surface area (Å²) in [5.74, 6) is 1.01. The van der Waals surface area contributed by atoms with Crippen LogP contribution in [0.15, 0.2) is 18.6 Å².